The zero-order valence-electron chi connectivity index (χ0n) is 11.5. The van der Waals surface area contributed by atoms with Crippen molar-refractivity contribution in [2.45, 2.75) is 79.6 Å². The minimum Gasteiger partial charge on any atom is -0.357 e. The summed E-state index contributed by atoms with van der Waals surface area (Å²) in [6.07, 6.45) is 15.9. The van der Waals surface area contributed by atoms with Crippen molar-refractivity contribution in [1.29, 1.82) is 0 Å². The fraction of sp³-hybridized carbons (Fsp3) is 0.875. The zero-order valence-corrected chi connectivity index (χ0v) is 14.3. The molecule has 0 unspecified atom stereocenters. The van der Waals surface area contributed by atoms with E-state index in [0.29, 0.717) is 0 Å². The molecule has 101 valence electrons. The summed E-state index contributed by atoms with van der Waals surface area (Å²) >= 11 is 0. The summed E-state index contributed by atoms with van der Waals surface area (Å²) in [5, 5.41) is 0. The summed E-state index contributed by atoms with van der Waals surface area (Å²) in [7, 11) is 0. The van der Waals surface area contributed by atoms with Gasteiger partial charge in [-0.05, 0) is 18.3 Å². The van der Waals surface area contributed by atoms with E-state index in [9.17, 15) is 0 Å². The van der Waals surface area contributed by atoms with Crippen molar-refractivity contribution in [2.24, 2.45) is 11.3 Å². The molecule has 0 nitrogen and oxygen atoms in total. The first kappa shape index (κ1) is 20.4. The van der Waals surface area contributed by atoms with Crippen LogP contribution in [0.5, 0.6) is 0 Å². The predicted molar refractivity (Wildman–Crippen MR) is 75.2 cm³/mol. The Balaban J connectivity index is 0. The van der Waals surface area contributed by atoms with Crippen LogP contribution in [0.1, 0.15) is 79.6 Å². The van der Waals surface area contributed by atoms with Crippen LogP contribution in [-0.2, 0) is 32.7 Å². The summed E-state index contributed by atoms with van der Waals surface area (Å²) in [5.41, 5.74) is 0.764. The van der Waals surface area contributed by atoms with Gasteiger partial charge in [-0.15, -0.1) is 0 Å². The van der Waals surface area contributed by atoms with E-state index in [1.165, 1.54) is 51.4 Å². The van der Waals surface area contributed by atoms with Gasteiger partial charge in [0, 0.05) is 32.7 Å². The van der Waals surface area contributed by atoms with Crippen LogP contribution in [0.15, 0.2) is 0 Å². The number of rotatable bonds is 2. The molecule has 0 atom stereocenters. The van der Waals surface area contributed by atoms with Crippen LogP contribution in [0.4, 0.5) is 0 Å². The molecule has 2 saturated carbocycles. The second kappa shape index (κ2) is 11.0. The smallest absolute Gasteiger partial charge is 0 e. The van der Waals surface area contributed by atoms with E-state index in [1.807, 2.05) is 0 Å². The first-order chi connectivity index (χ1) is 7.20. The Hall–Kier alpha value is 1.10. The Kier molecular flexibility index (Phi) is 13.2. The van der Waals surface area contributed by atoms with Crippen molar-refractivity contribution in [3.8, 4) is 0 Å². The van der Waals surface area contributed by atoms with Crippen molar-refractivity contribution >= 4 is 0 Å². The summed E-state index contributed by atoms with van der Waals surface area (Å²) in [4.78, 5) is 0. The second-order valence-corrected chi connectivity index (χ2v) is 5.58. The minimum absolute atomic E-state index is 0. The van der Waals surface area contributed by atoms with Crippen LogP contribution in [0.2, 0.25) is 0 Å². The van der Waals surface area contributed by atoms with Crippen molar-refractivity contribution < 1.29 is 32.7 Å². The predicted octanol–water partition coefficient (Wildman–Crippen LogP) is 5.83. The third-order valence-corrected chi connectivity index (χ3v) is 4.32. The molecule has 0 aromatic carbocycles. The van der Waals surface area contributed by atoms with E-state index in [2.05, 4.69) is 33.6 Å². The number of hydrogen-bond acceptors (Lipinski definition) is 0. The van der Waals surface area contributed by atoms with Gasteiger partial charge in [0.15, 0.2) is 0 Å². The van der Waals surface area contributed by atoms with Crippen molar-refractivity contribution in [3.05, 3.63) is 12.8 Å². The molecular formula is C16H32Y-2. The van der Waals surface area contributed by atoms with Crippen molar-refractivity contribution in [2.75, 3.05) is 0 Å². The monoisotopic (exact) mass is 313 g/mol. The van der Waals surface area contributed by atoms with Gasteiger partial charge in [0.2, 0.25) is 0 Å². The van der Waals surface area contributed by atoms with Crippen LogP contribution in [0.3, 0.4) is 0 Å². The van der Waals surface area contributed by atoms with Gasteiger partial charge in [-0.3, -0.25) is 0 Å². The van der Waals surface area contributed by atoms with E-state index < -0.39 is 0 Å². The molecule has 0 aromatic heterocycles. The average molecular weight is 313 g/mol. The van der Waals surface area contributed by atoms with Gasteiger partial charge in [0.05, 0.1) is 0 Å². The molecule has 1 radical (unpaired) electrons. The molecule has 0 aliphatic heterocycles. The summed E-state index contributed by atoms with van der Waals surface area (Å²) in [5.74, 6) is 0.976. The van der Waals surface area contributed by atoms with Crippen LogP contribution < -0.4 is 0 Å². The maximum atomic E-state index is 2.39. The van der Waals surface area contributed by atoms with Crippen LogP contribution in [0, 0.1) is 24.2 Å². The first-order valence-corrected chi connectivity index (χ1v) is 6.83. The summed E-state index contributed by atoms with van der Waals surface area (Å²) < 4.78 is 0. The molecule has 2 aliphatic rings. The van der Waals surface area contributed by atoms with E-state index in [4.69, 9.17) is 0 Å². The zero-order chi connectivity index (χ0) is 11.1. The van der Waals surface area contributed by atoms with Gasteiger partial charge in [-0.1, -0.05) is 53.4 Å². The van der Waals surface area contributed by atoms with Crippen LogP contribution >= 0.6 is 0 Å². The van der Waals surface area contributed by atoms with Crippen molar-refractivity contribution in [3.63, 3.8) is 0 Å². The molecule has 0 spiro atoms. The molecule has 0 saturated heterocycles. The second-order valence-electron chi connectivity index (χ2n) is 5.58. The maximum Gasteiger partial charge on any atom is 0 e. The first-order valence-electron chi connectivity index (χ1n) is 6.83. The Morgan fingerprint density at radius 1 is 1.12 bits per heavy atom. The molecule has 0 bridgehead atoms. The molecule has 0 aromatic rings. The van der Waals surface area contributed by atoms with Gasteiger partial charge in [0.1, 0.15) is 0 Å². The Morgan fingerprint density at radius 3 is 1.82 bits per heavy atom. The van der Waals surface area contributed by atoms with E-state index in [-0.39, 0.29) is 40.1 Å². The fourth-order valence-corrected chi connectivity index (χ4v) is 2.35. The van der Waals surface area contributed by atoms with Crippen molar-refractivity contribution in [1.82, 2.24) is 0 Å². The quantitative estimate of drug-likeness (QED) is 0.563. The summed E-state index contributed by atoms with van der Waals surface area (Å²) in [6.45, 7) is 6.95. The van der Waals surface area contributed by atoms with E-state index in [1.54, 1.807) is 0 Å². The molecular weight excluding hydrogens is 281 g/mol. The molecule has 17 heavy (non-hydrogen) atoms. The van der Waals surface area contributed by atoms with Gasteiger partial charge in [-0.25, -0.2) is 0 Å². The number of hydrogen-bond donors (Lipinski definition) is 0. The molecule has 0 N–H and O–H groups in total. The van der Waals surface area contributed by atoms with Crippen LogP contribution in [-0.4, -0.2) is 0 Å². The van der Waals surface area contributed by atoms with Gasteiger partial charge in [0.25, 0.3) is 0 Å². The van der Waals surface area contributed by atoms with Gasteiger partial charge >= 0.3 is 0 Å². The maximum absolute atomic E-state index is 2.39. The normalized spacial score (nSPS) is 22.1. The third-order valence-electron chi connectivity index (χ3n) is 4.32. The Bertz CT molecular complexity index is 149. The molecule has 0 heterocycles. The largest absolute Gasteiger partial charge is 0.357 e. The fourth-order valence-electron chi connectivity index (χ4n) is 2.35. The van der Waals surface area contributed by atoms with Gasteiger partial charge < -0.3 is 19.3 Å². The average Bonchev–Trinajstić information content (AvgIpc) is 2.28. The minimum atomic E-state index is 0. The molecule has 2 aliphatic carbocycles. The van der Waals surface area contributed by atoms with E-state index >= 15 is 0 Å². The molecule has 2 fully saturated rings. The van der Waals surface area contributed by atoms with Gasteiger partial charge in [-0.2, -0.15) is 12.8 Å². The Labute approximate surface area is 136 Å². The molecule has 1 heteroatoms. The Morgan fingerprint density at radius 2 is 1.65 bits per heavy atom. The van der Waals surface area contributed by atoms with Crippen LogP contribution in [0.25, 0.3) is 0 Å². The molecule has 2 rings (SSSR count). The molecule has 0 amide bonds. The summed E-state index contributed by atoms with van der Waals surface area (Å²) in [6, 6.07) is 0. The third kappa shape index (κ3) is 7.99. The SMILES string of the molecule is C.CCC1(C)CCC1.CCC1C[CH-]C[CH-]C1.[Y]. The standard InChI is InChI=1S/C8H14.C7H14.CH4.Y/c1-2-8-6-4-3-5-7-8;1-3-7(2)5-4-6-7;;/h4-5,8H,2-3,6-7H2,1H3;3-6H2,1-2H3;1H4;/q-2;;;. The van der Waals surface area contributed by atoms with E-state index in [0.717, 1.165) is 11.3 Å². The topological polar surface area (TPSA) is 0 Å².